The molecule has 0 saturated carbocycles. The van der Waals surface area contributed by atoms with Crippen molar-refractivity contribution in [1.29, 1.82) is 0 Å². The molecule has 3 aromatic carbocycles. The molecule has 2 heterocycles. The van der Waals surface area contributed by atoms with Crippen LogP contribution in [0.4, 0.5) is 5.69 Å². The van der Waals surface area contributed by atoms with Gasteiger partial charge in [-0.2, -0.15) is 0 Å². The van der Waals surface area contributed by atoms with Gasteiger partial charge >= 0.3 is 0 Å². The third-order valence-corrected chi connectivity index (χ3v) is 5.61. The zero-order valence-electron chi connectivity index (χ0n) is 16.8. The van der Waals surface area contributed by atoms with E-state index in [0.29, 0.717) is 17.0 Å². The van der Waals surface area contributed by atoms with Gasteiger partial charge in [0.15, 0.2) is 0 Å². The average molecular weight is 409 g/mol. The lowest BCUT2D eigenvalue weighted by atomic mass is 9.96. The van der Waals surface area contributed by atoms with Gasteiger partial charge in [0.05, 0.1) is 11.8 Å². The molecular weight excluding hydrogens is 390 g/mol. The Labute approximate surface area is 178 Å². The van der Waals surface area contributed by atoms with Crippen molar-refractivity contribution in [1.82, 2.24) is 0 Å². The van der Waals surface area contributed by atoms with Crippen molar-refractivity contribution in [3.8, 4) is 0 Å². The zero-order chi connectivity index (χ0) is 21.5. The summed E-state index contributed by atoms with van der Waals surface area (Å²) in [5.74, 6) is -1.26. The van der Waals surface area contributed by atoms with E-state index in [4.69, 9.17) is 4.42 Å². The molecule has 0 radical (unpaired) electrons. The van der Waals surface area contributed by atoms with Crippen LogP contribution in [0.25, 0.3) is 16.5 Å². The van der Waals surface area contributed by atoms with Crippen LogP contribution in [-0.2, 0) is 9.59 Å². The maximum absolute atomic E-state index is 13.2. The molecule has 31 heavy (non-hydrogen) atoms. The van der Waals surface area contributed by atoms with E-state index in [1.807, 2.05) is 55.5 Å². The van der Waals surface area contributed by atoms with Gasteiger partial charge in [-0.1, -0.05) is 60.2 Å². The topological polar surface area (TPSA) is 70.8 Å². The molecule has 5 rings (SSSR count). The first-order chi connectivity index (χ1) is 15.1. The van der Waals surface area contributed by atoms with E-state index >= 15 is 0 Å². The number of aryl methyl sites for hydroxylation is 1. The van der Waals surface area contributed by atoms with Crippen molar-refractivity contribution in [2.45, 2.75) is 13.0 Å². The standard InChI is InChI=1S/C26H19NO4/c1-16-11-13-18(14-12-16)27-23(21-10-5-15-31-21)22(25(29)26(27)30)24(28)20-9-4-7-17-6-2-3-8-19(17)20/h2-15,23,28H,1H3/b24-22-. The molecule has 0 aliphatic carbocycles. The lowest BCUT2D eigenvalue weighted by Gasteiger charge is -2.23. The molecule has 1 aliphatic rings. The number of aliphatic hydroxyl groups is 1. The molecule has 1 fully saturated rings. The Bertz CT molecular complexity index is 1330. The highest BCUT2D eigenvalue weighted by atomic mass is 16.3. The molecule has 0 spiro atoms. The summed E-state index contributed by atoms with van der Waals surface area (Å²) in [6.07, 6.45) is 1.49. The fourth-order valence-electron chi connectivity index (χ4n) is 4.10. The Kier molecular flexibility index (Phi) is 4.44. The summed E-state index contributed by atoms with van der Waals surface area (Å²) in [6.45, 7) is 1.95. The summed E-state index contributed by atoms with van der Waals surface area (Å²) in [5, 5.41) is 13.0. The van der Waals surface area contributed by atoms with Gasteiger partial charge in [-0.05, 0) is 42.0 Å². The second-order valence-electron chi connectivity index (χ2n) is 7.55. The number of anilines is 1. The van der Waals surface area contributed by atoms with Gasteiger partial charge in [-0.3, -0.25) is 14.5 Å². The van der Waals surface area contributed by atoms with E-state index in [0.717, 1.165) is 16.3 Å². The number of aliphatic hydroxyl groups excluding tert-OH is 1. The van der Waals surface area contributed by atoms with Crippen LogP contribution in [-0.4, -0.2) is 16.8 Å². The van der Waals surface area contributed by atoms with Crippen molar-refractivity contribution in [2.75, 3.05) is 4.90 Å². The van der Waals surface area contributed by atoms with Crippen molar-refractivity contribution in [3.05, 3.63) is 108 Å². The second-order valence-corrected chi connectivity index (χ2v) is 7.55. The predicted octanol–water partition coefficient (Wildman–Crippen LogP) is 5.37. The summed E-state index contributed by atoms with van der Waals surface area (Å²) in [5.41, 5.74) is 2.10. The van der Waals surface area contributed by atoms with E-state index in [1.165, 1.54) is 11.2 Å². The summed E-state index contributed by atoms with van der Waals surface area (Å²) in [7, 11) is 0. The number of ketones is 1. The molecule has 5 nitrogen and oxygen atoms in total. The van der Waals surface area contributed by atoms with Crippen LogP contribution in [0.3, 0.4) is 0 Å². The van der Waals surface area contributed by atoms with Crippen LogP contribution in [0.2, 0.25) is 0 Å². The minimum atomic E-state index is -0.864. The number of hydrogen-bond acceptors (Lipinski definition) is 4. The largest absolute Gasteiger partial charge is 0.507 e. The maximum atomic E-state index is 13.2. The highest BCUT2D eigenvalue weighted by Crippen LogP contribution is 2.43. The number of Topliss-reactive ketones (excluding diaryl/α,β-unsaturated/α-hetero) is 1. The van der Waals surface area contributed by atoms with Crippen LogP contribution in [0, 0.1) is 6.92 Å². The van der Waals surface area contributed by atoms with Gasteiger partial charge in [-0.15, -0.1) is 0 Å². The van der Waals surface area contributed by atoms with Gasteiger partial charge in [-0.25, -0.2) is 0 Å². The summed E-state index contributed by atoms with van der Waals surface area (Å²) in [4.78, 5) is 27.6. The average Bonchev–Trinajstić information content (AvgIpc) is 3.41. The van der Waals surface area contributed by atoms with Crippen LogP contribution >= 0.6 is 0 Å². The van der Waals surface area contributed by atoms with Crippen LogP contribution < -0.4 is 4.90 Å². The first-order valence-electron chi connectivity index (χ1n) is 9.95. The van der Waals surface area contributed by atoms with Crippen LogP contribution in [0.15, 0.2) is 95.1 Å². The van der Waals surface area contributed by atoms with E-state index in [9.17, 15) is 14.7 Å². The predicted molar refractivity (Wildman–Crippen MR) is 119 cm³/mol. The zero-order valence-corrected chi connectivity index (χ0v) is 16.8. The van der Waals surface area contributed by atoms with Crippen molar-refractivity contribution in [2.24, 2.45) is 0 Å². The third kappa shape index (κ3) is 3.02. The molecule has 1 aliphatic heterocycles. The quantitative estimate of drug-likeness (QED) is 0.281. The van der Waals surface area contributed by atoms with Gasteiger partial charge in [0.1, 0.15) is 17.6 Å². The summed E-state index contributed by atoms with van der Waals surface area (Å²) >= 11 is 0. The monoisotopic (exact) mass is 409 g/mol. The van der Waals surface area contributed by atoms with E-state index in [1.54, 1.807) is 30.3 Å². The van der Waals surface area contributed by atoms with E-state index < -0.39 is 17.7 Å². The number of hydrogen-bond donors (Lipinski definition) is 1. The van der Waals surface area contributed by atoms with Crippen LogP contribution in [0.5, 0.6) is 0 Å². The number of fused-ring (bicyclic) bond motifs is 1. The van der Waals surface area contributed by atoms with Gasteiger partial charge < -0.3 is 9.52 Å². The second kappa shape index (κ2) is 7.29. The maximum Gasteiger partial charge on any atom is 0.300 e. The SMILES string of the molecule is Cc1ccc(N2C(=O)C(=O)/C(=C(\O)c3cccc4ccccc34)C2c2ccco2)cc1. The van der Waals surface area contributed by atoms with E-state index in [-0.39, 0.29) is 11.3 Å². The van der Waals surface area contributed by atoms with E-state index in [2.05, 4.69) is 0 Å². The Balaban J connectivity index is 1.76. The Morgan fingerprint density at radius 1 is 0.903 bits per heavy atom. The Morgan fingerprint density at radius 2 is 1.65 bits per heavy atom. The third-order valence-electron chi connectivity index (χ3n) is 5.61. The lowest BCUT2D eigenvalue weighted by molar-refractivity contribution is -0.132. The molecule has 1 saturated heterocycles. The molecule has 152 valence electrons. The summed E-state index contributed by atoms with van der Waals surface area (Å²) < 4.78 is 5.60. The van der Waals surface area contributed by atoms with Crippen molar-refractivity contribution < 1.29 is 19.1 Å². The Morgan fingerprint density at radius 3 is 2.39 bits per heavy atom. The van der Waals surface area contributed by atoms with Gasteiger partial charge in [0, 0.05) is 11.3 Å². The normalized spacial score (nSPS) is 18.1. The van der Waals surface area contributed by atoms with Gasteiger partial charge in [0.25, 0.3) is 11.7 Å². The van der Waals surface area contributed by atoms with Crippen molar-refractivity contribution >= 4 is 33.9 Å². The first-order valence-corrected chi connectivity index (χ1v) is 9.95. The number of carbonyl (C=O) groups excluding carboxylic acids is 2. The molecule has 1 unspecified atom stereocenters. The van der Waals surface area contributed by atoms with Crippen molar-refractivity contribution in [3.63, 3.8) is 0 Å². The first kappa shape index (κ1) is 18.9. The summed E-state index contributed by atoms with van der Waals surface area (Å²) in [6, 6.07) is 22.9. The lowest BCUT2D eigenvalue weighted by Crippen LogP contribution is -2.29. The molecule has 1 amide bonds. The Hall–Kier alpha value is -4.12. The molecule has 1 atom stereocenters. The minimum absolute atomic E-state index is 0.0110. The molecular formula is C26H19NO4. The molecule has 1 aromatic heterocycles. The number of benzene rings is 3. The highest BCUT2D eigenvalue weighted by Gasteiger charge is 2.48. The number of rotatable bonds is 3. The number of carbonyl (C=O) groups is 2. The fraction of sp³-hybridized carbons (Fsp3) is 0.0769. The number of furan rings is 1. The highest BCUT2D eigenvalue weighted by molar-refractivity contribution is 6.51. The molecule has 4 aromatic rings. The molecule has 5 heteroatoms. The number of amides is 1. The smallest absolute Gasteiger partial charge is 0.300 e. The van der Waals surface area contributed by atoms with Gasteiger partial charge in [0.2, 0.25) is 0 Å². The molecule has 1 N–H and O–H groups in total. The van der Waals surface area contributed by atoms with Crippen LogP contribution in [0.1, 0.15) is 22.9 Å². The molecule has 0 bridgehead atoms. The minimum Gasteiger partial charge on any atom is -0.507 e. The fourth-order valence-corrected chi connectivity index (χ4v) is 4.10. The number of nitrogens with zero attached hydrogens (tertiary/aromatic N) is 1.